The molecule has 1 aliphatic heterocycles. The number of phenolic OH excluding ortho intramolecular Hbond substituents is 1. The lowest BCUT2D eigenvalue weighted by molar-refractivity contribution is -0.277. The summed E-state index contributed by atoms with van der Waals surface area (Å²) in [6, 6.07) is 3.03. The third-order valence-electron chi connectivity index (χ3n) is 4.12. The number of aromatic hydroxyl groups is 1. The lowest BCUT2D eigenvalue weighted by Crippen LogP contribution is -2.60. The molecule has 0 spiro atoms. The van der Waals surface area contributed by atoms with Crippen LogP contribution in [0.2, 0.25) is 0 Å². The van der Waals surface area contributed by atoms with E-state index in [4.69, 9.17) is 9.47 Å². The largest absolute Gasteiger partial charge is 0.508 e. The molecule has 2 rings (SSSR count). The number of hydrogen-bond donors (Lipinski definition) is 5. The minimum atomic E-state index is -1.49. The van der Waals surface area contributed by atoms with Crippen molar-refractivity contribution in [1.82, 2.24) is 0 Å². The van der Waals surface area contributed by atoms with Gasteiger partial charge in [0.1, 0.15) is 35.9 Å². The van der Waals surface area contributed by atoms with Gasteiger partial charge in [-0.2, -0.15) is 0 Å². The van der Waals surface area contributed by atoms with Gasteiger partial charge in [0.15, 0.2) is 0 Å². The van der Waals surface area contributed by atoms with Crippen LogP contribution in [0.25, 0.3) is 0 Å². The van der Waals surface area contributed by atoms with Gasteiger partial charge >= 0.3 is 0 Å². The zero-order valence-corrected chi connectivity index (χ0v) is 13.4. The monoisotopic (exact) mass is 328 g/mol. The number of aliphatic hydroxyl groups excluding tert-OH is 4. The van der Waals surface area contributed by atoms with Crippen LogP contribution >= 0.6 is 0 Å². The highest BCUT2D eigenvalue weighted by atomic mass is 16.7. The van der Waals surface area contributed by atoms with Crippen LogP contribution in [0.1, 0.15) is 30.9 Å². The van der Waals surface area contributed by atoms with Crippen LogP contribution in [-0.2, 0) is 4.74 Å². The molecule has 0 aromatic heterocycles. The molecular formula is C16H24O7. The van der Waals surface area contributed by atoms with Crippen LogP contribution in [0.4, 0.5) is 0 Å². The SMILES string of the molecule is Cc1c(O)ccc(O[C@@H]2O[C@H](CO)[C@@H](O)[C@H](O)[C@H]2O)c1C(C)C. The van der Waals surface area contributed by atoms with Gasteiger partial charge in [0, 0.05) is 5.56 Å². The molecule has 7 nitrogen and oxygen atoms in total. The van der Waals surface area contributed by atoms with E-state index in [9.17, 15) is 25.5 Å². The normalized spacial score (nSPS) is 31.4. The third kappa shape index (κ3) is 3.44. The second kappa shape index (κ2) is 7.02. The maximum atomic E-state index is 10.0. The van der Waals surface area contributed by atoms with E-state index in [0.717, 1.165) is 5.56 Å². The Balaban J connectivity index is 2.29. The molecule has 130 valence electrons. The van der Waals surface area contributed by atoms with Crippen LogP contribution < -0.4 is 4.74 Å². The Morgan fingerprint density at radius 1 is 1.13 bits per heavy atom. The molecule has 5 N–H and O–H groups in total. The highest BCUT2D eigenvalue weighted by Crippen LogP contribution is 2.36. The molecule has 0 bridgehead atoms. The van der Waals surface area contributed by atoms with Crippen molar-refractivity contribution in [2.45, 2.75) is 57.4 Å². The first-order valence-electron chi connectivity index (χ1n) is 7.57. The van der Waals surface area contributed by atoms with Gasteiger partial charge in [0.25, 0.3) is 0 Å². The lowest BCUT2D eigenvalue weighted by Gasteiger charge is -2.40. The summed E-state index contributed by atoms with van der Waals surface area (Å²) >= 11 is 0. The first kappa shape index (κ1) is 18.0. The van der Waals surface area contributed by atoms with Gasteiger partial charge < -0.3 is 35.0 Å². The van der Waals surface area contributed by atoms with Crippen molar-refractivity contribution >= 4 is 0 Å². The molecule has 1 fully saturated rings. The summed E-state index contributed by atoms with van der Waals surface area (Å²) in [5.74, 6) is 0.580. The van der Waals surface area contributed by atoms with E-state index in [-0.39, 0.29) is 11.7 Å². The van der Waals surface area contributed by atoms with Gasteiger partial charge in [-0.25, -0.2) is 0 Å². The van der Waals surface area contributed by atoms with Crippen LogP contribution in [0.3, 0.4) is 0 Å². The highest BCUT2D eigenvalue weighted by molar-refractivity contribution is 5.49. The Bertz CT molecular complexity index is 543. The zero-order chi connectivity index (χ0) is 17.3. The molecule has 5 atom stereocenters. The Morgan fingerprint density at radius 2 is 1.78 bits per heavy atom. The molecule has 0 aliphatic carbocycles. The van der Waals surface area contributed by atoms with Crippen molar-refractivity contribution in [1.29, 1.82) is 0 Å². The lowest BCUT2D eigenvalue weighted by atomic mass is 9.96. The van der Waals surface area contributed by atoms with Crippen molar-refractivity contribution < 1.29 is 35.0 Å². The van der Waals surface area contributed by atoms with Gasteiger partial charge in [-0.3, -0.25) is 0 Å². The number of aliphatic hydroxyl groups is 4. The van der Waals surface area contributed by atoms with E-state index >= 15 is 0 Å². The molecule has 0 unspecified atom stereocenters. The van der Waals surface area contributed by atoms with Crippen molar-refractivity contribution in [3.63, 3.8) is 0 Å². The van der Waals surface area contributed by atoms with Gasteiger partial charge in [-0.1, -0.05) is 13.8 Å². The van der Waals surface area contributed by atoms with E-state index in [1.165, 1.54) is 6.07 Å². The van der Waals surface area contributed by atoms with Gasteiger partial charge in [-0.05, 0) is 30.5 Å². The predicted octanol–water partition coefficient (Wildman–Crippen LogP) is 0.00272. The molecule has 0 amide bonds. The summed E-state index contributed by atoms with van der Waals surface area (Å²) in [6.45, 7) is 5.10. The molecule has 1 aromatic carbocycles. The average molecular weight is 328 g/mol. The number of rotatable bonds is 4. The highest BCUT2D eigenvalue weighted by Gasteiger charge is 2.44. The summed E-state index contributed by atoms with van der Waals surface area (Å²) in [4.78, 5) is 0. The molecule has 23 heavy (non-hydrogen) atoms. The van der Waals surface area contributed by atoms with Gasteiger partial charge in [0.2, 0.25) is 6.29 Å². The fourth-order valence-corrected chi connectivity index (χ4v) is 2.80. The summed E-state index contributed by atoms with van der Waals surface area (Å²) in [5, 5.41) is 48.7. The maximum Gasteiger partial charge on any atom is 0.229 e. The van der Waals surface area contributed by atoms with E-state index in [0.29, 0.717) is 11.3 Å². The van der Waals surface area contributed by atoms with Crippen molar-refractivity contribution in [2.75, 3.05) is 6.61 Å². The minimum Gasteiger partial charge on any atom is -0.508 e. The zero-order valence-electron chi connectivity index (χ0n) is 13.4. The van der Waals surface area contributed by atoms with Crippen molar-refractivity contribution in [2.24, 2.45) is 0 Å². The maximum absolute atomic E-state index is 10.0. The van der Waals surface area contributed by atoms with E-state index in [1.807, 2.05) is 13.8 Å². The smallest absolute Gasteiger partial charge is 0.229 e. The quantitative estimate of drug-likeness (QED) is 0.528. The minimum absolute atomic E-state index is 0.0435. The first-order valence-corrected chi connectivity index (χ1v) is 7.57. The average Bonchev–Trinajstić information content (AvgIpc) is 2.51. The third-order valence-corrected chi connectivity index (χ3v) is 4.12. The Kier molecular flexibility index (Phi) is 5.49. The summed E-state index contributed by atoms with van der Waals surface area (Å²) in [7, 11) is 0. The van der Waals surface area contributed by atoms with E-state index < -0.39 is 37.3 Å². The van der Waals surface area contributed by atoms with Gasteiger partial charge in [0.05, 0.1) is 6.61 Å². The molecule has 0 saturated carbocycles. The molecule has 1 heterocycles. The molecule has 1 aliphatic rings. The number of hydrogen-bond acceptors (Lipinski definition) is 7. The van der Waals surface area contributed by atoms with Crippen molar-refractivity contribution in [3.8, 4) is 11.5 Å². The van der Waals surface area contributed by atoms with Crippen LogP contribution in [0, 0.1) is 6.92 Å². The topological polar surface area (TPSA) is 120 Å². The number of phenols is 1. The summed E-state index contributed by atoms with van der Waals surface area (Å²) in [5.41, 5.74) is 1.41. The van der Waals surface area contributed by atoms with E-state index in [1.54, 1.807) is 13.0 Å². The second-order valence-electron chi connectivity index (χ2n) is 6.09. The van der Waals surface area contributed by atoms with Crippen molar-refractivity contribution in [3.05, 3.63) is 23.3 Å². The number of ether oxygens (including phenoxy) is 2. The van der Waals surface area contributed by atoms with E-state index in [2.05, 4.69) is 0 Å². The molecule has 1 saturated heterocycles. The number of benzene rings is 1. The summed E-state index contributed by atoms with van der Waals surface area (Å²) < 4.78 is 11.0. The standard InChI is InChI=1S/C16H24O7/c1-7(2)12-8(3)9(18)4-5-10(12)22-16-15(21)14(20)13(19)11(6-17)23-16/h4-5,7,11,13-21H,6H2,1-3H3/t11-,13-,14+,15-,16-/m1/s1. The second-order valence-corrected chi connectivity index (χ2v) is 6.09. The molecule has 1 aromatic rings. The first-order chi connectivity index (χ1) is 10.8. The van der Waals surface area contributed by atoms with Crippen LogP contribution in [-0.4, -0.2) is 62.8 Å². The van der Waals surface area contributed by atoms with Crippen LogP contribution in [0.15, 0.2) is 12.1 Å². The van der Waals surface area contributed by atoms with Gasteiger partial charge in [-0.15, -0.1) is 0 Å². The fourth-order valence-electron chi connectivity index (χ4n) is 2.80. The molecule has 0 radical (unpaired) electrons. The molecule has 7 heteroatoms. The Labute approximate surface area is 134 Å². The Morgan fingerprint density at radius 3 is 2.35 bits per heavy atom. The Hall–Kier alpha value is -1.38. The summed E-state index contributed by atoms with van der Waals surface area (Å²) in [6.07, 6.45) is -6.67. The fraction of sp³-hybridized carbons (Fsp3) is 0.625. The molecular weight excluding hydrogens is 304 g/mol. The predicted molar refractivity (Wildman–Crippen MR) is 81.3 cm³/mol. The van der Waals surface area contributed by atoms with Crippen LogP contribution in [0.5, 0.6) is 11.5 Å².